The van der Waals surface area contributed by atoms with Crippen LogP contribution >= 0.6 is 23.8 Å². The summed E-state index contributed by atoms with van der Waals surface area (Å²) in [6, 6.07) is 11.6. The van der Waals surface area contributed by atoms with Crippen LogP contribution in [-0.2, 0) is 4.79 Å². The third-order valence-electron chi connectivity index (χ3n) is 3.39. The van der Waals surface area contributed by atoms with E-state index in [0.717, 1.165) is 5.56 Å². The zero-order chi connectivity index (χ0) is 19.8. The highest BCUT2D eigenvalue weighted by Crippen LogP contribution is 2.20. The van der Waals surface area contributed by atoms with Gasteiger partial charge in [-0.15, -0.1) is 0 Å². The highest BCUT2D eigenvalue weighted by atomic mass is 35.5. The summed E-state index contributed by atoms with van der Waals surface area (Å²) in [4.78, 5) is 23.8. The minimum Gasteiger partial charge on any atom is -0.497 e. The number of carbonyl (C=O) groups is 2. The summed E-state index contributed by atoms with van der Waals surface area (Å²) in [5, 5.41) is 3.01. The van der Waals surface area contributed by atoms with Crippen LogP contribution in [0.15, 0.2) is 42.5 Å². The van der Waals surface area contributed by atoms with Gasteiger partial charge in [-0.3, -0.25) is 25.8 Å². The first-order chi connectivity index (χ1) is 12.9. The smallest absolute Gasteiger partial charge is 0.276 e. The number of rotatable bonds is 5. The van der Waals surface area contributed by atoms with Crippen LogP contribution in [0.2, 0.25) is 5.02 Å². The first-order valence-corrected chi connectivity index (χ1v) is 8.61. The molecule has 0 aliphatic heterocycles. The molecular weight excluding hydrogens is 390 g/mol. The number of benzene rings is 2. The van der Waals surface area contributed by atoms with Gasteiger partial charge in [0.05, 0.1) is 7.11 Å². The molecule has 142 valence electrons. The van der Waals surface area contributed by atoms with Crippen molar-refractivity contribution in [1.82, 2.24) is 16.2 Å². The van der Waals surface area contributed by atoms with Crippen LogP contribution in [0.25, 0.3) is 0 Å². The van der Waals surface area contributed by atoms with E-state index in [9.17, 15) is 9.59 Å². The Morgan fingerprint density at radius 3 is 2.37 bits per heavy atom. The molecule has 2 aromatic rings. The SMILES string of the molecule is COc1ccc(C(=O)NC(=S)NNC(=O)COc2ccc(Cl)c(C)c2)cc1. The minimum atomic E-state index is -0.469. The van der Waals surface area contributed by atoms with E-state index in [-0.39, 0.29) is 11.7 Å². The van der Waals surface area contributed by atoms with E-state index in [2.05, 4.69) is 16.2 Å². The molecule has 0 atom stereocenters. The Bertz CT molecular complexity index is 843. The number of amides is 2. The molecular formula is C18H18ClN3O4S. The van der Waals surface area contributed by atoms with E-state index in [4.69, 9.17) is 33.3 Å². The van der Waals surface area contributed by atoms with E-state index < -0.39 is 11.8 Å². The Hall–Kier alpha value is -2.84. The molecule has 0 saturated heterocycles. The standard InChI is InChI=1S/C18H18ClN3O4S/c1-11-9-14(7-8-15(11)19)26-10-16(23)21-22-18(27)20-17(24)12-3-5-13(25-2)6-4-12/h3-9H,10H2,1-2H3,(H,21,23)(H2,20,22,24,27). The van der Waals surface area contributed by atoms with Gasteiger partial charge in [0.2, 0.25) is 0 Å². The van der Waals surface area contributed by atoms with Gasteiger partial charge in [-0.05, 0) is 67.2 Å². The van der Waals surface area contributed by atoms with Gasteiger partial charge in [0.15, 0.2) is 11.7 Å². The van der Waals surface area contributed by atoms with Gasteiger partial charge in [0.1, 0.15) is 11.5 Å². The maximum atomic E-state index is 12.0. The van der Waals surface area contributed by atoms with Crippen LogP contribution in [0.5, 0.6) is 11.5 Å². The fourth-order valence-corrected chi connectivity index (χ4v) is 2.23. The number of nitrogens with one attached hydrogen (secondary N) is 3. The lowest BCUT2D eigenvalue weighted by atomic mass is 10.2. The second kappa shape index (κ2) is 9.75. The molecule has 2 aromatic carbocycles. The number of hydrogen-bond acceptors (Lipinski definition) is 5. The fraction of sp³-hybridized carbons (Fsp3) is 0.167. The molecule has 0 fully saturated rings. The van der Waals surface area contributed by atoms with Crippen molar-refractivity contribution in [3.63, 3.8) is 0 Å². The number of halogens is 1. The third-order valence-corrected chi connectivity index (χ3v) is 4.02. The largest absolute Gasteiger partial charge is 0.497 e. The quantitative estimate of drug-likeness (QED) is 0.521. The molecule has 2 amide bonds. The number of methoxy groups -OCH3 is 1. The summed E-state index contributed by atoms with van der Waals surface area (Å²) in [6.07, 6.45) is 0. The van der Waals surface area contributed by atoms with Crippen molar-refractivity contribution in [2.75, 3.05) is 13.7 Å². The van der Waals surface area contributed by atoms with Crippen molar-refractivity contribution in [3.8, 4) is 11.5 Å². The molecule has 27 heavy (non-hydrogen) atoms. The fourth-order valence-electron chi connectivity index (χ4n) is 1.97. The number of aryl methyl sites for hydroxylation is 1. The van der Waals surface area contributed by atoms with E-state index in [1.807, 2.05) is 6.92 Å². The second-order valence-electron chi connectivity index (χ2n) is 5.38. The lowest BCUT2D eigenvalue weighted by molar-refractivity contribution is -0.123. The van der Waals surface area contributed by atoms with Crippen molar-refractivity contribution >= 4 is 40.7 Å². The van der Waals surface area contributed by atoms with Crippen molar-refractivity contribution in [2.45, 2.75) is 6.92 Å². The monoisotopic (exact) mass is 407 g/mol. The van der Waals surface area contributed by atoms with Gasteiger partial charge in [0, 0.05) is 10.6 Å². The topological polar surface area (TPSA) is 88.7 Å². The molecule has 7 nitrogen and oxygen atoms in total. The summed E-state index contributed by atoms with van der Waals surface area (Å²) in [5.74, 6) is 0.263. The number of thiocarbonyl (C=S) groups is 1. The third kappa shape index (κ3) is 6.43. The van der Waals surface area contributed by atoms with Crippen molar-refractivity contribution in [3.05, 3.63) is 58.6 Å². The molecule has 0 aliphatic carbocycles. The zero-order valence-electron chi connectivity index (χ0n) is 14.7. The van der Waals surface area contributed by atoms with Gasteiger partial charge in [-0.2, -0.15) is 0 Å². The van der Waals surface area contributed by atoms with Crippen molar-refractivity contribution in [2.24, 2.45) is 0 Å². The first kappa shape index (κ1) is 20.5. The second-order valence-corrected chi connectivity index (χ2v) is 6.20. The lowest BCUT2D eigenvalue weighted by Gasteiger charge is -2.12. The van der Waals surface area contributed by atoms with Crippen LogP contribution in [0, 0.1) is 6.92 Å². The molecule has 9 heteroatoms. The summed E-state index contributed by atoms with van der Waals surface area (Å²) in [6.45, 7) is 1.60. The molecule has 0 heterocycles. The van der Waals surface area contributed by atoms with Crippen molar-refractivity contribution < 1.29 is 19.1 Å². The highest BCUT2D eigenvalue weighted by molar-refractivity contribution is 7.80. The molecule has 0 bridgehead atoms. The van der Waals surface area contributed by atoms with Crippen LogP contribution in [0.4, 0.5) is 0 Å². The average molecular weight is 408 g/mol. The molecule has 0 saturated carbocycles. The molecule has 0 radical (unpaired) electrons. The maximum absolute atomic E-state index is 12.0. The molecule has 2 rings (SSSR count). The van der Waals surface area contributed by atoms with Gasteiger partial charge in [-0.1, -0.05) is 11.6 Å². The Labute approximate surface area is 167 Å². The summed E-state index contributed by atoms with van der Waals surface area (Å²) in [5.41, 5.74) is 6.01. The average Bonchev–Trinajstić information content (AvgIpc) is 2.67. The maximum Gasteiger partial charge on any atom is 0.276 e. The number of hydrogen-bond donors (Lipinski definition) is 3. The van der Waals surface area contributed by atoms with Gasteiger partial charge in [-0.25, -0.2) is 0 Å². The van der Waals surface area contributed by atoms with Crippen LogP contribution in [0.3, 0.4) is 0 Å². The molecule has 3 N–H and O–H groups in total. The van der Waals surface area contributed by atoms with Gasteiger partial charge >= 0.3 is 0 Å². The predicted octanol–water partition coefficient (Wildman–Crippen LogP) is 2.37. The summed E-state index contributed by atoms with van der Waals surface area (Å²) in [7, 11) is 1.54. The van der Waals surface area contributed by atoms with Gasteiger partial charge < -0.3 is 9.47 Å². The number of carbonyl (C=O) groups excluding carboxylic acids is 2. The Balaban J connectivity index is 1.74. The highest BCUT2D eigenvalue weighted by Gasteiger charge is 2.09. The summed E-state index contributed by atoms with van der Waals surface area (Å²) < 4.78 is 10.4. The number of ether oxygens (including phenoxy) is 2. The Morgan fingerprint density at radius 2 is 1.74 bits per heavy atom. The van der Waals surface area contributed by atoms with E-state index in [1.165, 1.54) is 7.11 Å². The Morgan fingerprint density at radius 1 is 1.07 bits per heavy atom. The first-order valence-electron chi connectivity index (χ1n) is 7.82. The molecule has 0 aliphatic rings. The molecule has 0 aromatic heterocycles. The van der Waals surface area contributed by atoms with Crippen LogP contribution in [0.1, 0.15) is 15.9 Å². The van der Waals surface area contributed by atoms with E-state index >= 15 is 0 Å². The Kier molecular flexibility index (Phi) is 7.39. The molecule has 0 spiro atoms. The van der Waals surface area contributed by atoms with Crippen LogP contribution < -0.4 is 25.6 Å². The number of hydrazine groups is 1. The van der Waals surface area contributed by atoms with E-state index in [1.54, 1.807) is 42.5 Å². The normalized spacial score (nSPS) is 9.89. The lowest BCUT2D eigenvalue weighted by Crippen LogP contribution is -2.49. The van der Waals surface area contributed by atoms with Crippen molar-refractivity contribution in [1.29, 1.82) is 0 Å². The molecule has 0 unspecified atom stereocenters. The minimum absolute atomic E-state index is 0.0495. The van der Waals surface area contributed by atoms with E-state index in [0.29, 0.717) is 22.1 Å². The zero-order valence-corrected chi connectivity index (χ0v) is 16.2. The van der Waals surface area contributed by atoms with Crippen LogP contribution in [-0.4, -0.2) is 30.6 Å². The summed E-state index contributed by atoms with van der Waals surface area (Å²) >= 11 is 10.9. The predicted molar refractivity (Wildman–Crippen MR) is 106 cm³/mol. The van der Waals surface area contributed by atoms with Gasteiger partial charge in [0.25, 0.3) is 11.8 Å².